The summed E-state index contributed by atoms with van der Waals surface area (Å²) in [5.41, 5.74) is 3.04. The molecule has 0 unspecified atom stereocenters. The molecule has 0 spiro atoms. The lowest BCUT2D eigenvalue weighted by molar-refractivity contribution is -0.135. The second-order valence-electron chi connectivity index (χ2n) is 7.10. The molecule has 0 radical (unpaired) electrons. The summed E-state index contributed by atoms with van der Waals surface area (Å²) in [7, 11) is 1.90. The summed E-state index contributed by atoms with van der Waals surface area (Å²) in [6, 6.07) is 12.0. The Bertz CT molecular complexity index is 946. The van der Waals surface area contributed by atoms with Crippen LogP contribution in [0.25, 0.3) is 5.65 Å². The smallest absolute Gasteiger partial charge is 0.225 e. The number of tetrazole rings is 1. The Morgan fingerprint density at radius 2 is 1.96 bits per heavy atom. The van der Waals surface area contributed by atoms with Gasteiger partial charge < -0.3 is 9.80 Å². The number of anilines is 1. The van der Waals surface area contributed by atoms with Gasteiger partial charge >= 0.3 is 0 Å². The third-order valence-corrected chi connectivity index (χ3v) is 5.27. The van der Waals surface area contributed by atoms with Crippen LogP contribution in [0.1, 0.15) is 24.0 Å². The molecule has 3 aromatic rings. The fraction of sp³-hybridized carbons (Fsp3) is 0.421. The molecule has 4 rings (SSSR count). The number of benzene rings is 1. The molecule has 0 atom stereocenters. The average molecular weight is 365 g/mol. The maximum atomic E-state index is 12.9. The van der Waals surface area contributed by atoms with E-state index in [2.05, 4.69) is 44.6 Å². The summed E-state index contributed by atoms with van der Waals surface area (Å²) < 4.78 is 1.43. The maximum absolute atomic E-state index is 12.9. The zero-order chi connectivity index (χ0) is 18.8. The van der Waals surface area contributed by atoms with Crippen LogP contribution in [0, 0.1) is 12.8 Å². The second kappa shape index (κ2) is 7.30. The molecule has 2 aromatic heterocycles. The highest BCUT2D eigenvalue weighted by molar-refractivity contribution is 5.79. The summed E-state index contributed by atoms with van der Waals surface area (Å²) in [4.78, 5) is 16.9. The zero-order valence-corrected chi connectivity index (χ0v) is 15.6. The number of amides is 1. The highest BCUT2D eigenvalue weighted by Gasteiger charge is 2.28. The van der Waals surface area contributed by atoms with Crippen LogP contribution >= 0.6 is 0 Å². The van der Waals surface area contributed by atoms with Gasteiger partial charge in [-0.15, -0.1) is 14.8 Å². The van der Waals surface area contributed by atoms with Crippen molar-refractivity contribution in [3.05, 3.63) is 47.5 Å². The number of aromatic nitrogens is 5. The number of hydrogen-bond acceptors (Lipinski definition) is 6. The third kappa shape index (κ3) is 3.60. The molecule has 1 aliphatic rings. The van der Waals surface area contributed by atoms with Gasteiger partial charge in [0.05, 0.1) is 0 Å². The molecular weight excluding hydrogens is 342 g/mol. The van der Waals surface area contributed by atoms with Gasteiger partial charge in [-0.25, -0.2) is 0 Å². The van der Waals surface area contributed by atoms with Gasteiger partial charge in [0.15, 0.2) is 11.5 Å². The number of carbonyl (C=O) groups is 1. The minimum absolute atomic E-state index is 0.0621. The van der Waals surface area contributed by atoms with E-state index in [9.17, 15) is 4.79 Å². The van der Waals surface area contributed by atoms with E-state index < -0.39 is 0 Å². The first-order valence-corrected chi connectivity index (χ1v) is 9.21. The Morgan fingerprint density at radius 3 is 2.74 bits per heavy atom. The van der Waals surface area contributed by atoms with Gasteiger partial charge in [0, 0.05) is 32.6 Å². The molecule has 0 saturated carbocycles. The minimum atomic E-state index is 0.0621. The normalized spacial score (nSPS) is 15.3. The van der Waals surface area contributed by atoms with E-state index in [-0.39, 0.29) is 11.8 Å². The third-order valence-electron chi connectivity index (χ3n) is 5.27. The molecule has 0 N–H and O–H groups in total. The molecule has 8 nitrogen and oxygen atoms in total. The number of piperidine rings is 1. The van der Waals surface area contributed by atoms with E-state index in [1.807, 2.05) is 36.2 Å². The molecule has 1 fully saturated rings. The standard InChI is InChI=1S/C19H23N7O/c1-14-5-3-4-6-16(14)13-24(2)19(27)15-9-11-25(12-10-15)18-8-7-17-20-22-23-26(17)21-18/h3-8,15H,9-13H2,1-2H3. The van der Waals surface area contributed by atoms with Crippen LogP contribution < -0.4 is 4.90 Å². The van der Waals surface area contributed by atoms with E-state index in [4.69, 9.17) is 0 Å². The first-order valence-electron chi connectivity index (χ1n) is 9.21. The van der Waals surface area contributed by atoms with E-state index in [1.165, 1.54) is 15.8 Å². The van der Waals surface area contributed by atoms with Crippen LogP contribution in [0.3, 0.4) is 0 Å². The number of hydrogen-bond donors (Lipinski definition) is 0. The number of aryl methyl sites for hydroxylation is 1. The molecule has 8 heteroatoms. The first-order chi connectivity index (χ1) is 13.1. The van der Waals surface area contributed by atoms with Crippen LogP contribution in [0.5, 0.6) is 0 Å². The highest BCUT2D eigenvalue weighted by Crippen LogP contribution is 2.24. The summed E-state index contributed by atoms with van der Waals surface area (Å²) >= 11 is 0. The van der Waals surface area contributed by atoms with Crippen molar-refractivity contribution in [2.24, 2.45) is 5.92 Å². The van der Waals surface area contributed by atoms with Gasteiger partial charge in [-0.3, -0.25) is 4.79 Å². The average Bonchev–Trinajstić information content (AvgIpc) is 3.17. The molecule has 27 heavy (non-hydrogen) atoms. The van der Waals surface area contributed by atoms with E-state index in [0.717, 1.165) is 31.7 Å². The van der Waals surface area contributed by atoms with Crippen molar-refractivity contribution in [2.75, 3.05) is 25.0 Å². The van der Waals surface area contributed by atoms with E-state index in [1.54, 1.807) is 0 Å². The maximum Gasteiger partial charge on any atom is 0.225 e. The lowest BCUT2D eigenvalue weighted by Crippen LogP contribution is -2.41. The SMILES string of the molecule is Cc1ccccc1CN(C)C(=O)C1CCN(c2ccc3nnnn3n2)CC1. The van der Waals surface area contributed by atoms with Crippen molar-refractivity contribution in [3.8, 4) is 0 Å². The van der Waals surface area contributed by atoms with Gasteiger partial charge in [-0.1, -0.05) is 24.3 Å². The molecule has 1 aliphatic heterocycles. The van der Waals surface area contributed by atoms with Crippen LogP contribution in [-0.2, 0) is 11.3 Å². The van der Waals surface area contributed by atoms with Crippen molar-refractivity contribution >= 4 is 17.4 Å². The summed E-state index contributed by atoms with van der Waals surface area (Å²) in [6.07, 6.45) is 1.65. The predicted octanol–water partition coefficient (Wildman–Crippen LogP) is 1.70. The van der Waals surface area contributed by atoms with Crippen LogP contribution in [0.2, 0.25) is 0 Å². The zero-order valence-electron chi connectivity index (χ0n) is 15.6. The quantitative estimate of drug-likeness (QED) is 0.700. The van der Waals surface area contributed by atoms with Gasteiger partial charge in [0.1, 0.15) is 0 Å². The Morgan fingerprint density at radius 1 is 1.19 bits per heavy atom. The molecule has 1 amide bonds. The monoisotopic (exact) mass is 365 g/mol. The van der Waals surface area contributed by atoms with Crippen molar-refractivity contribution in [1.29, 1.82) is 0 Å². The topological polar surface area (TPSA) is 79.5 Å². The Hall–Kier alpha value is -3.03. The number of rotatable bonds is 4. The van der Waals surface area contributed by atoms with Crippen molar-refractivity contribution in [1.82, 2.24) is 30.2 Å². The largest absolute Gasteiger partial charge is 0.355 e. The fourth-order valence-electron chi connectivity index (χ4n) is 3.60. The van der Waals surface area contributed by atoms with Crippen LogP contribution in [0.4, 0.5) is 5.82 Å². The van der Waals surface area contributed by atoms with Crippen LogP contribution in [0.15, 0.2) is 36.4 Å². The van der Waals surface area contributed by atoms with Crippen molar-refractivity contribution in [3.63, 3.8) is 0 Å². The second-order valence-corrected chi connectivity index (χ2v) is 7.10. The number of nitrogens with zero attached hydrogens (tertiary/aromatic N) is 7. The van der Waals surface area contributed by atoms with Crippen molar-refractivity contribution in [2.45, 2.75) is 26.3 Å². The lowest BCUT2D eigenvalue weighted by Gasteiger charge is -2.33. The number of fused-ring (bicyclic) bond motifs is 1. The van der Waals surface area contributed by atoms with Gasteiger partial charge in [-0.05, 0) is 53.5 Å². The predicted molar refractivity (Wildman–Crippen MR) is 101 cm³/mol. The Balaban J connectivity index is 1.36. The molecule has 0 aliphatic carbocycles. The molecule has 140 valence electrons. The fourth-order valence-corrected chi connectivity index (χ4v) is 3.60. The lowest BCUT2D eigenvalue weighted by atomic mass is 9.95. The molecule has 3 heterocycles. The summed E-state index contributed by atoms with van der Waals surface area (Å²) in [6.45, 7) is 4.34. The van der Waals surface area contributed by atoms with Gasteiger partial charge in [0.2, 0.25) is 5.91 Å². The van der Waals surface area contributed by atoms with Crippen LogP contribution in [-0.4, -0.2) is 56.2 Å². The summed E-state index contributed by atoms with van der Waals surface area (Å²) in [5.74, 6) is 1.13. The Kier molecular flexibility index (Phi) is 4.70. The van der Waals surface area contributed by atoms with Gasteiger partial charge in [-0.2, -0.15) is 0 Å². The van der Waals surface area contributed by atoms with E-state index >= 15 is 0 Å². The first kappa shape index (κ1) is 17.4. The summed E-state index contributed by atoms with van der Waals surface area (Å²) in [5, 5.41) is 15.8. The molecule has 0 bridgehead atoms. The van der Waals surface area contributed by atoms with Gasteiger partial charge in [0.25, 0.3) is 0 Å². The molecule has 1 aromatic carbocycles. The highest BCUT2D eigenvalue weighted by atomic mass is 16.2. The van der Waals surface area contributed by atoms with E-state index in [0.29, 0.717) is 12.2 Å². The minimum Gasteiger partial charge on any atom is -0.355 e. The number of carbonyl (C=O) groups excluding carboxylic acids is 1. The Labute approximate surface area is 157 Å². The molecule has 1 saturated heterocycles. The molecular formula is C19H23N7O. The van der Waals surface area contributed by atoms with Crippen molar-refractivity contribution < 1.29 is 4.79 Å².